The number of rotatable bonds is 7. The van der Waals surface area contributed by atoms with E-state index in [2.05, 4.69) is 5.16 Å². The molecular formula is C18H23N3O3. The number of nitrogens with two attached hydrogens (primary N) is 1. The number of aryl methyl sites for hydroxylation is 1. The van der Waals surface area contributed by atoms with Crippen LogP contribution in [0.1, 0.15) is 53.1 Å². The van der Waals surface area contributed by atoms with Gasteiger partial charge in [-0.25, -0.2) is 0 Å². The average molecular weight is 329 g/mol. The zero-order valence-corrected chi connectivity index (χ0v) is 14.3. The fraction of sp³-hybridized carbons (Fsp3) is 0.389. The topological polar surface area (TPSA) is 89.4 Å². The van der Waals surface area contributed by atoms with Crippen molar-refractivity contribution in [2.45, 2.75) is 33.6 Å². The number of hydrogen-bond donors (Lipinski definition) is 1. The molecule has 6 heteroatoms. The third-order valence-corrected chi connectivity index (χ3v) is 3.80. The molecule has 0 spiro atoms. The fourth-order valence-electron chi connectivity index (χ4n) is 2.66. The second kappa shape index (κ2) is 7.77. The van der Waals surface area contributed by atoms with Gasteiger partial charge in [-0.05, 0) is 43.5 Å². The predicted molar refractivity (Wildman–Crippen MR) is 91.7 cm³/mol. The van der Waals surface area contributed by atoms with E-state index in [9.17, 15) is 9.59 Å². The highest BCUT2D eigenvalue weighted by Crippen LogP contribution is 2.26. The lowest BCUT2D eigenvalue weighted by Gasteiger charge is -2.22. The molecule has 0 radical (unpaired) electrons. The minimum absolute atomic E-state index is 0.0999. The van der Waals surface area contributed by atoms with E-state index in [1.54, 1.807) is 30.0 Å². The number of carbonyl (C=O) groups excluding carboxylic acids is 2. The molecule has 2 N–H and O–H groups in total. The quantitative estimate of drug-likeness (QED) is 0.845. The first-order valence-electron chi connectivity index (χ1n) is 8.13. The van der Waals surface area contributed by atoms with Gasteiger partial charge in [0, 0.05) is 29.8 Å². The number of hydrogen-bond acceptors (Lipinski definition) is 4. The maximum Gasteiger partial charge on any atom is 0.253 e. The Morgan fingerprint density at radius 3 is 2.25 bits per heavy atom. The van der Waals surface area contributed by atoms with Crippen LogP contribution < -0.4 is 5.73 Å². The van der Waals surface area contributed by atoms with E-state index in [0.29, 0.717) is 35.5 Å². The molecule has 0 atom stereocenters. The van der Waals surface area contributed by atoms with Crippen LogP contribution in [-0.2, 0) is 0 Å². The predicted octanol–water partition coefficient (Wildman–Crippen LogP) is 3.01. The molecule has 0 unspecified atom stereocenters. The molecule has 1 aromatic carbocycles. The Bertz CT molecular complexity index is 731. The molecule has 0 aliphatic heterocycles. The molecule has 2 rings (SSSR count). The van der Waals surface area contributed by atoms with Crippen LogP contribution in [0.5, 0.6) is 0 Å². The maximum atomic E-state index is 12.8. The molecule has 128 valence electrons. The molecule has 0 aliphatic rings. The molecule has 0 saturated carbocycles. The maximum absolute atomic E-state index is 12.8. The molecule has 1 aromatic heterocycles. The standard InChI is InChI=1S/C18H23N3O3/c1-4-6-21(7-5-2)18(23)15-9-13(8-14(10-15)17(19)22)16-11-24-20-12(16)3/h8-11H,4-7H2,1-3H3,(H2,19,22). The second-order valence-corrected chi connectivity index (χ2v) is 5.77. The number of nitrogens with zero attached hydrogens (tertiary/aromatic N) is 2. The van der Waals surface area contributed by atoms with Crippen molar-refractivity contribution in [3.8, 4) is 11.1 Å². The minimum atomic E-state index is -0.572. The van der Waals surface area contributed by atoms with Crippen LogP contribution in [0.4, 0.5) is 0 Å². The summed E-state index contributed by atoms with van der Waals surface area (Å²) in [7, 11) is 0. The number of benzene rings is 1. The summed E-state index contributed by atoms with van der Waals surface area (Å²) in [4.78, 5) is 26.3. The third-order valence-electron chi connectivity index (χ3n) is 3.80. The first kappa shape index (κ1) is 17.7. The summed E-state index contributed by atoms with van der Waals surface area (Å²) >= 11 is 0. The van der Waals surface area contributed by atoms with Crippen molar-refractivity contribution in [2.24, 2.45) is 5.73 Å². The first-order chi connectivity index (χ1) is 11.5. The summed E-state index contributed by atoms with van der Waals surface area (Å²) in [6, 6.07) is 4.96. The van der Waals surface area contributed by atoms with E-state index >= 15 is 0 Å². The largest absolute Gasteiger partial charge is 0.366 e. The lowest BCUT2D eigenvalue weighted by molar-refractivity contribution is 0.0755. The van der Waals surface area contributed by atoms with Gasteiger partial charge < -0.3 is 15.2 Å². The molecule has 0 fully saturated rings. The summed E-state index contributed by atoms with van der Waals surface area (Å²) in [5, 5.41) is 3.85. The van der Waals surface area contributed by atoms with Gasteiger partial charge in [0.15, 0.2) is 0 Å². The van der Waals surface area contributed by atoms with Crippen molar-refractivity contribution in [1.82, 2.24) is 10.1 Å². The minimum Gasteiger partial charge on any atom is -0.366 e. The highest BCUT2D eigenvalue weighted by Gasteiger charge is 2.18. The monoisotopic (exact) mass is 329 g/mol. The van der Waals surface area contributed by atoms with Gasteiger partial charge >= 0.3 is 0 Å². The first-order valence-corrected chi connectivity index (χ1v) is 8.13. The Labute approximate surface area is 141 Å². The van der Waals surface area contributed by atoms with Gasteiger partial charge in [0.25, 0.3) is 5.91 Å². The van der Waals surface area contributed by atoms with Gasteiger partial charge in [0.2, 0.25) is 5.91 Å². The third kappa shape index (κ3) is 3.82. The van der Waals surface area contributed by atoms with Crippen molar-refractivity contribution in [3.05, 3.63) is 41.3 Å². The van der Waals surface area contributed by atoms with Crippen LogP contribution >= 0.6 is 0 Å². The van der Waals surface area contributed by atoms with Crippen molar-refractivity contribution in [3.63, 3.8) is 0 Å². The smallest absolute Gasteiger partial charge is 0.253 e. The molecule has 24 heavy (non-hydrogen) atoms. The summed E-state index contributed by atoms with van der Waals surface area (Å²) in [6.07, 6.45) is 3.25. The van der Waals surface area contributed by atoms with Gasteiger partial charge in [0.05, 0.1) is 5.69 Å². The highest BCUT2D eigenvalue weighted by atomic mass is 16.5. The van der Waals surface area contributed by atoms with Crippen LogP contribution in [0.3, 0.4) is 0 Å². The SMILES string of the molecule is CCCN(CCC)C(=O)c1cc(C(N)=O)cc(-c2conc2C)c1. The molecule has 2 aromatic rings. The highest BCUT2D eigenvalue weighted by molar-refractivity contribution is 6.01. The molecule has 2 amide bonds. The van der Waals surface area contributed by atoms with Gasteiger partial charge in [-0.15, -0.1) is 0 Å². The molecule has 6 nitrogen and oxygen atoms in total. The van der Waals surface area contributed by atoms with Crippen LogP contribution in [0.25, 0.3) is 11.1 Å². The normalized spacial score (nSPS) is 10.6. The van der Waals surface area contributed by atoms with Gasteiger partial charge in [-0.1, -0.05) is 19.0 Å². The average Bonchev–Trinajstić information content (AvgIpc) is 2.99. The summed E-state index contributed by atoms with van der Waals surface area (Å²) in [5.41, 5.74) is 8.30. The molecule has 0 aliphatic carbocycles. The Hall–Kier alpha value is -2.63. The summed E-state index contributed by atoms with van der Waals surface area (Å²) < 4.78 is 4.96. The molecule has 1 heterocycles. The second-order valence-electron chi connectivity index (χ2n) is 5.77. The van der Waals surface area contributed by atoms with Crippen LogP contribution in [0.2, 0.25) is 0 Å². The van der Waals surface area contributed by atoms with Gasteiger partial charge in [-0.3, -0.25) is 9.59 Å². The van der Waals surface area contributed by atoms with E-state index in [1.807, 2.05) is 13.8 Å². The number of aromatic nitrogens is 1. The zero-order valence-electron chi connectivity index (χ0n) is 14.3. The van der Waals surface area contributed by atoms with Gasteiger partial charge in [-0.2, -0.15) is 0 Å². The van der Waals surface area contributed by atoms with Crippen molar-refractivity contribution in [1.29, 1.82) is 0 Å². The zero-order chi connectivity index (χ0) is 17.7. The number of amides is 2. The van der Waals surface area contributed by atoms with E-state index < -0.39 is 5.91 Å². The molecular weight excluding hydrogens is 306 g/mol. The summed E-state index contributed by atoms with van der Waals surface area (Å²) in [5.74, 6) is -0.672. The molecule has 0 bridgehead atoms. The van der Waals surface area contributed by atoms with E-state index in [1.165, 1.54) is 6.26 Å². The Morgan fingerprint density at radius 2 is 1.75 bits per heavy atom. The van der Waals surface area contributed by atoms with Crippen LogP contribution in [0, 0.1) is 6.92 Å². The van der Waals surface area contributed by atoms with Crippen molar-refractivity contribution < 1.29 is 14.1 Å². The van der Waals surface area contributed by atoms with Crippen molar-refractivity contribution in [2.75, 3.05) is 13.1 Å². The lowest BCUT2D eigenvalue weighted by atomic mass is 9.99. The Morgan fingerprint density at radius 1 is 1.12 bits per heavy atom. The lowest BCUT2D eigenvalue weighted by Crippen LogP contribution is -2.32. The van der Waals surface area contributed by atoms with E-state index in [-0.39, 0.29) is 5.91 Å². The number of primary amides is 1. The van der Waals surface area contributed by atoms with Crippen molar-refractivity contribution >= 4 is 11.8 Å². The fourth-order valence-corrected chi connectivity index (χ4v) is 2.66. The Balaban J connectivity index is 2.49. The van der Waals surface area contributed by atoms with E-state index in [4.69, 9.17) is 10.3 Å². The van der Waals surface area contributed by atoms with Gasteiger partial charge in [0.1, 0.15) is 6.26 Å². The van der Waals surface area contributed by atoms with Crippen LogP contribution in [0.15, 0.2) is 29.0 Å². The Kier molecular flexibility index (Phi) is 5.73. The summed E-state index contributed by atoms with van der Waals surface area (Å²) in [6.45, 7) is 7.21. The number of carbonyl (C=O) groups is 2. The van der Waals surface area contributed by atoms with E-state index in [0.717, 1.165) is 18.4 Å². The van der Waals surface area contributed by atoms with Crippen LogP contribution in [-0.4, -0.2) is 35.0 Å². The molecule has 0 saturated heterocycles.